The third-order valence-corrected chi connectivity index (χ3v) is 5.50. The number of aromatic nitrogens is 1. The van der Waals surface area contributed by atoms with E-state index in [0.29, 0.717) is 17.9 Å². The van der Waals surface area contributed by atoms with Gasteiger partial charge in [0.25, 0.3) is 0 Å². The molecule has 4 atom stereocenters. The maximum atomic E-state index is 10.6. The van der Waals surface area contributed by atoms with Crippen molar-refractivity contribution in [1.29, 1.82) is 0 Å². The molecule has 3 heteroatoms. The number of aromatic amines is 1. The highest BCUT2D eigenvalue weighted by Crippen LogP contribution is 2.49. The van der Waals surface area contributed by atoms with Crippen molar-refractivity contribution < 1.29 is 5.11 Å². The van der Waals surface area contributed by atoms with E-state index in [1.807, 2.05) is 0 Å². The van der Waals surface area contributed by atoms with Crippen LogP contribution in [0.5, 0.6) is 0 Å². The molecule has 1 fully saturated rings. The molecule has 4 rings (SSSR count). The van der Waals surface area contributed by atoms with Crippen LogP contribution in [0.3, 0.4) is 0 Å². The summed E-state index contributed by atoms with van der Waals surface area (Å²) in [5.74, 6) is 1.23. The van der Waals surface area contributed by atoms with Gasteiger partial charge in [0, 0.05) is 28.2 Å². The molecule has 1 aromatic heterocycles. The number of fused-ring (bicyclic) bond motifs is 6. The molecule has 0 radical (unpaired) electrons. The number of hydrogen-bond acceptors (Lipinski definition) is 2. The number of nitrogens with zero attached hydrogens (tertiary/aromatic N) is 1. The second-order valence-electron chi connectivity index (χ2n) is 6.58. The van der Waals surface area contributed by atoms with E-state index in [2.05, 4.69) is 48.1 Å². The van der Waals surface area contributed by atoms with Crippen LogP contribution in [0.2, 0.25) is 0 Å². The molecule has 1 aliphatic carbocycles. The average molecular weight is 270 g/mol. The van der Waals surface area contributed by atoms with E-state index in [-0.39, 0.29) is 6.10 Å². The molecule has 0 spiro atoms. The second-order valence-corrected chi connectivity index (χ2v) is 6.58. The first-order valence-corrected chi connectivity index (χ1v) is 7.65. The molecule has 2 unspecified atom stereocenters. The molecular weight excluding hydrogens is 248 g/mol. The van der Waals surface area contributed by atoms with Gasteiger partial charge in [0.2, 0.25) is 0 Å². The van der Waals surface area contributed by atoms with Gasteiger partial charge in [0.1, 0.15) is 0 Å². The third kappa shape index (κ3) is 1.60. The van der Waals surface area contributed by atoms with Gasteiger partial charge in [-0.3, -0.25) is 4.90 Å². The van der Waals surface area contributed by atoms with Crippen molar-refractivity contribution in [3.05, 3.63) is 35.5 Å². The molecule has 1 aromatic carbocycles. The first-order valence-electron chi connectivity index (χ1n) is 7.65. The van der Waals surface area contributed by atoms with E-state index >= 15 is 0 Å². The van der Waals surface area contributed by atoms with E-state index in [1.54, 1.807) is 0 Å². The number of aliphatic hydroxyl groups is 1. The smallest absolute Gasteiger partial charge is 0.0944 e. The molecule has 3 nitrogen and oxygen atoms in total. The lowest BCUT2D eigenvalue weighted by Gasteiger charge is -2.41. The molecule has 2 heterocycles. The Labute approximate surface area is 119 Å². The van der Waals surface area contributed by atoms with Crippen molar-refractivity contribution in [3.63, 3.8) is 0 Å². The van der Waals surface area contributed by atoms with E-state index in [4.69, 9.17) is 0 Å². The Morgan fingerprint density at radius 2 is 2.10 bits per heavy atom. The predicted molar refractivity (Wildman–Crippen MR) is 80.5 cm³/mol. The average Bonchev–Trinajstić information content (AvgIpc) is 2.79. The maximum absolute atomic E-state index is 10.6. The second kappa shape index (κ2) is 4.34. The van der Waals surface area contributed by atoms with Crippen LogP contribution in [0, 0.1) is 11.8 Å². The zero-order valence-corrected chi connectivity index (χ0v) is 12.1. The third-order valence-electron chi connectivity index (χ3n) is 5.50. The van der Waals surface area contributed by atoms with Crippen LogP contribution in [0.25, 0.3) is 10.9 Å². The zero-order valence-electron chi connectivity index (χ0n) is 12.1. The van der Waals surface area contributed by atoms with E-state index in [9.17, 15) is 5.11 Å². The van der Waals surface area contributed by atoms with Crippen molar-refractivity contribution in [2.45, 2.75) is 31.9 Å². The molecule has 2 N–H and O–H groups in total. The van der Waals surface area contributed by atoms with Crippen LogP contribution in [-0.4, -0.2) is 28.6 Å². The molecule has 106 valence electrons. The van der Waals surface area contributed by atoms with Gasteiger partial charge in [-0.05, 0) is 44.3 Å². The van der Waals surface area contributed by atoms with Gasteiger partial charge >= 0.3 is 0 Å². The summed E-state index contributed by atoms with van der Waals surface area (Å²) in [7, 11) is 2.22. The molecule has 0 amide bonds. The molecular formula is C17H22N2O. The molecule has 2 aliphatic rings. The lowest BCUT2D eigenvalue weighted by atomic mass is 9.78. The van der Waals surface area contributed by atoms with Crippen LogP contribution < -0.4 is 0 Å². The summed E-state index contributed by atoms with van der Waals surface area (Å²) in [4.78, 5) is 5.95. The molecule has 2 bridgehead atoms. The van der Waals surface area contributed by atoms with Crippen LogP contribution >= 0.6 is 0 Å². The van der Waals surface area contributed by atoms with Crippen molar-refractivity contribution >= 4 is 10.9 Å². The first kappa shape index (κ1) is 12.4. The van der Waals surface area contributed by atoms with Gasteiger partial charge in [0.05, 0.1) is 6.10 Å². The van der Waals surface area contributed by atoms with Crippen LogP contribution in [0.4, 0.5) is 0 Å². The van der Waals surface area contributed by atoms with Gasteiger partial charge in [-0.15, -0.1) is 0 Å². The van der Waals surface area contributed by atoms with Gasteiger partial charge < -0.3 is 10.1 Å². The molecule has 1 aliphatic heterocycles. The van der Waals surface area contributed by atoms with Crippen molar-refractivity contribution in [2.24, 2.45) is 11.8 Å². The quantitative estimate of drug-likeness (QED) is 0.771. The normalized spacial score (nSPS) is 34.0. The lowest BCUT2D eigenvalue weighted by molar-refractivity contribution is 0.0580. The fourth-order valence-electron chi connectivity index (χ4n) is 4.42. The number of hydrogen-bond donors (Lipinski definition) is 2. The minimum absolute atomic E-state index is 0.346. The van der Waals surface area contributed by atoms with E-state index in [1.165, 1.54) is 17.4 Å². The molecule has 0 saturated carbocycles. The lowest BCUT2D eigenvalue weighted by Crippen LogP contribution is -2.39. The maximum Gasteiger partial charge on any atom is 0.0944 e. The van der Waals surface area contributed by atoms with Crippen molar-refractivity contribution in [1.82, 2.24) is 9.88 Å². The Morgan fingerprint density at radius 3 is 2.95 bits per heavy atom. The number of piperidine rings is 1. The summed E-state index contributed by atoms with van der Waals surface area (Å²) >= 11 is 0. The SMILES string of the molecule is CC1[C@H]2CCN(C)[C@@H]1c1c([nH]c3ccccc13)C(O)C2. The van der Waals surface area contributed by atoms with E-state index < -0.39 is 0 Å². The summed E-state index contributed by atoms with van der Waals surface area (Å²) in [6.07, 6.45) is 1.75. The van der Waals surface area contributed by atoms with E-state index in [0.717, 1.165) is 24.2 Å². The van der Waals surface area contributed by atoms with Crippen LogP contribution in [-0.2, 0) is 0 Å². The Balaban J connectivity index is 1.99. The fourth-order valence-corrected chi connectivity index (χ4v) is 4.42. The highest BCUT2D eigenvalue weighted by molar-refractivity contribution is 5.85. The number of rotatable bonds is 0. The highest BCUT2D eigenvalue weighted by Gasteiger charge is 2.41. The number of para-hydroxylation sites is 1. The number of likely N-dealkylation sites (tertiary alicyclic amines) is 1. The largest absolute Gasteiger partial charge is 0.387 e. The molecule has 1 saturated heterocycles. The summed E-state index contributed by atoms with van der Waals surface area (Å²) in [6, 6.07) is 8.88. The minimum atomic E-state index is -0.346. The fraction of sp³-hybridized carbons (Fsp3) is 0.529. The van der Waals surface area contributed by atoms with Crippen molar-refractivity contribution in [2.75, 3.05) is 13.6 Å². The summed E-state index contributed by atoms with van der Waals surface area (Å²) in [5, 5.41) is 11.9. The number of nitrogens with one attached hydrogen (secondary N) is 1. The highest BCUT2D eigenvalue weighted by atomic mass is 16.3. The Hall–Kier alpha value is -1.32. The monoisotopic (exact) mass is 270 g/mol. The Bertz CT molecular complexity index is 647. The van der Waals surface area contributed by atoms with Gasteiger partial charge in [0.15, 0.2) is 0 Å². The van der Waals surface area contributed by atoms with Crippen LogP contribution in [0.15, 0.2) is 24.3 Å². The predicted octanol–water partition coefficient (Wildman–Crippen LogP) is 3.23. The zero-order chi connectivity index (χ0) is 13.9. The molecule has 20 heavy (non-hydrogen) atoms. The molecule has 2 aromatic rings. The Kier molecular flexibility index (Phi) is 2.69. The van der Waals surface area contributed by atoms with Gasteiger partial charge in [-0.1, -0.05) is 25.1 Å². The summed E-state index contributed by atoms with van der Waals surface area (Å²) < 4.78 is 0. The van der Waals surface area contributed by atoms with Crippen molar-refractivity contribution in [3.8, 4) is 0 Å². The van der Waals surface area contributed by atoms with Gasteiger partial charge in [-0.2, -0.15) is 0 Å². The summed E-state index contributed by atoms with van der Waals surface area (Å²) in [5.41, 5.74) is 3.55. The Morgan fingerprint density at radius 1 is 1.30 bits per heavy atom. The number of benzene rings is 1. The first-order chi connectivity index (χ1) is 9.66. The van der Waals surface area contributed by atoms with Gasteiger partial charge in [-0.25, -0.2) is 0 Å². The van der Waals surface area contributed by atoms with Crippen LogP contribution in [0.1, 0.15) is 43.2 Å². The minimum Gasteiger partial charge on any atom is -0.387 e. The number of H-pyrrole nitrogens is 1. The topological polar surface area (TPSA) is 39.3 Å². The standard InChI is InChI=1S/C17H22N2O/c1-10-11-7-8-19(2)17(10)15-12-5-3-4-6-13(12)18-16(15)14(20)9-11/h3-6,10-11,14,17-18,20H,7-9H2,1-2H3/t10?,11-,14?,17-/m0/s1. The number of aliphatic hydroxyl groups excluding tert-OH is 1. The summed E-state index contributed by atoms with van der Waals surface area (Å²) in [6.45, 7) is 3.49.